The number of aryl methyl sites for hydroxylation is 4. The van der Waals surface area contributed by atoms with Gasteiger partial charge in [-0.3, -0.25) is 19.4 Å². The van der Waals surface area contributed by atoms with Crippen LogP contribution in [0.3, 0.4) is 0 Å². The molecule has 270 valence electrons. The molecule has 2 aliphatic heterocycles. The van der Waals surface area contributed by atoms with Gasteiger partial charge in [0, 0.05) is 63.5 Å². The van der Waals surface area contributed by atoms with Gasteiger partial charge in [-0.15, -0.1) is 0 Å². The van der Waals surface area contributed by atoms with Crippen molar-refractivity contribution in [3.8, 4) is 22.3 Å². The van der Waals surface area contributed by atoms with Crippen LogP contribution in [0.15, 0.2) is 72.8 Å². The maximum Gasteiger partial charge on any atom is 0.253 e. The van der Waals surface area contributed by atoms with Gasteiger partial charge >= 0.3 is 0 Å². The van der Waals surface area contributed by atoms with Crippen molar-refractivity contribution in [1.82, 2.24) is 19.6 Å². The monoisotopic (exact) mass is 686 g/mol. The van der Waals surface area contributed by atoms with Gasteiger partial charge in [-0.25, -0.2) is 0 Å². The summed E-state index contributed by atoms with van der Waals surface area (Å²) in [5.41, 5.74) is 14.1. The number of hydrogen-bond donors (Lipinski definition) is 0. The number of amides is 2. The quantitative estimate of drug-likeness (QED) is 0.166. The Labute approximate surface area is 307 Å². The van der Waals surface area contributed by atoms with Crippen LogP contribution in [0.25, 0.3) is 22.3 Å². The fourth-order valence-electron chi connectivity index (χ4n) is 7.40. The Morgan fingerprint density at radius 2 is 0.745 bits per heavy atom. The van der Waals surface area contributed by atoms with E-state index in [1.807, 2.05) is 34.1 Å². The number of nitrogens with zero attached hydrogens (tertiary/aromatic N) is 4. The number of rotatable bonds is 9. The molecule has 0 spiro atoms. The van der Waals surface area contributed by atoms with Crippen molar-refractivity contribution in [3.63, 3.8) is 0 Å². The zero-order chi connectivity index (χ0) is 35.4. The van der Waals surface area contributed by atoms with E-state index in [1.165, 1.54) is 44.5 Å². The van der Waals surface area contributed by atoms with Crippen LogP contribution in [0.2, 0.25) is 0 Å². The van der Waals surface area contributed by atoms with Gasteiger partial charge in [-0.2, -0.15) is 0 Å². The molecule has 2 saturated heterocycles. The number of benzene rings is 4. The first kappa shape index (κ1) is 38.0. The van der Waals surface area contributed by atoms with Gasteiger partial charge < -0.3 is 9.80 Å². The molecule has 2 aliphatic rings. The summed E-state index contributed by atoms with van der Waals surface area (Å²) >= 11 is 0. The highest BCUT2D eigenvalue weighted by atomic mass is 16.2. The SMILES string of the molecule is C.Cc1cc(-c2ccc(C(=O)N3CCN(CCCCN4CCN(C(=O)c5ccc(-c6cc(C)c(C)c(C)c6)cc5)CC4)CC3)cc2)cc(C)c1C. The first-order valence-corrected chi connectivity index (χ1v) is 18.5. The highest BCUT2D eigenvalue weighted by Gasteiger charge is 2.24. The maximum absolute atomic E-state index is 13.3. The summed E-state index contributed by atoms with van der Waals surface area (Å²) in [4.78, 5) is 35.5. The maximum atomic E-state index is 13.3. The van der Waals surface area contributed by atoms with E-state index in [0.717, 1.165) is 101 Å². The van der Waals surface area contributed by atoms with Crippen molar-refractivity contribution in [2.24, 2.45) is 0 Å². The zero-order valence-corrected chi connectivity index (χ0v) is 31.0. The smallest absolute Gasteiger partial charge is 0.253 e. The van der Waals surface area contributed by atoms with Gasteiger partial charge in [0.05, 0.1) is 0 Å². The van der Waals surface area contributed by atoms with Crippen molar-refractivity contribution in [2.75, 3.05) is 65.4 Å². The number of unbranched alkanes of at least 4 members (excludes halogenated alkanes) is 1. The molecule has 51 heavy (non-hydrogen) atoms. The van der Waals surface area contributed by atoms with Gasteiger partial charge in [-0.1, -0.05) is 56.0 Å². The van der Waals surface area contributed by atoms with Crippen LogP contribution < -0.4 is 0 Å². The lowest BCUT2D eigenvalue weighted by Crippen LogP contribution is -2.49. The highest BCUT2D eigenvalue weighted by molar-refractivity contribution is 5.95. The van der Waals surface area contributed by atoms with Gasteiger partial charge in [0.25, 0.3) is 11.8 Å². The van der Waals surface area contributed by atoms with E-state index in [1.54, 1.807) is 0 Å². The third-order valence-corrected chi connectivity index (χ3v) is 11.3. The summed E-state index contributed by atoms with van der Waals surface area (Å²) in [5.74, 6) is 0.268. The third kappa shape index (κ3) is 8.98. The molecule has 4 aromatic carbocycles. The van der Waals surface area contributed by atoms with E-state index < -0.39 is 0 Å². The molecular weight excluding hydrogens is 629 g/mol. The molecule has 0 radical (unpaired) electrons. The third-order valence-electron chi connectivity index (χ3n) is 11.3. The predicted molar refractivity (Wildman–Crippen MR) is 213 cm³/mol. The Bertz CT molecular complexity index is 1630. The molecule has 0 aromatic heterocycles. The van der Waals surface area contributed by atoms with Crippen molar-refractivity contribution < 1.29 is 9.59 Å². The number of piperazine rings is 2. The lowest BCUT2D eigenvalue weighted by atomic mass is 9.96. The second-order valence-electron chi connectivity index (χ2n) is 14.6. The minimum Gasteiger partial charge on any atom is -0.336 e. The average molecular weight is 687 g/mol. The predicted octanol–water partition coefficient (Wildman–Crippen LogP) is 8.50. The summed E-state index contributed by atoms with van der Waals surface area (Å²) in [6, 6.07) is 25.2. The van der Waals surface area contributed by atoms with Gasteiger partial charge in [-0.05, 0) is 147 Å². The van der Waals surface area contributed by atoms with E-state index in [2.05, 4.69) is 99.9 Å². The molecule has 0 saturated carbocycles. The summed E-state index contributed by atoms with van der Waals surface area (Å²) in [5, 5.41) is 0. The molecule has 2 heterocycles. The molecule has 0 atom stereocenters. The summed E-state index contributed by atoms with van der Waals surface area (Å²) in [6.07, 6.45) is 2.30. The summed E-state index contributed by atoms with van der Waals surface area (Å²) in [7, 11) is 0. The second kappa shape index (κ2) is 16.8. The average Bonchev–Trinajstić information content (AvgIpc) is 3.14. The molecule has 4 aromatic rings. The number of carbonyl (C=O) groups is 2. The second-order valence-corrected chi connectivity index (χ2v) is 14.6. The molecule has 6 heteroatoms. The Morgan fingerprint density at radius 3 is 1.04 bits per heavy atom. The normalized spacial score (nSPS) is 15.5. The van der Waals surface area contributed by atoms with Gasteiger partial charge in [0.2, 0.25) is 0 Å². The molecule has 6 rings (SSSR count). The van der Waals surface area contributed by atoms with Crippen molar-refractivity contribution >= 4 is 11.8 Å². The fraction of sp³-hybridized carbons (Fsp3) is 0.422. The Morgan fingerprint density at radius 1 is 0.451 bits per heavy atom. The Kier molecular flexibility index (Phi) is 12.5. The van der Waals surface area contributed by atoms with Gasteiger partial charge in [0.1, 0.15) is 0 Å². The van der Waals surface area contributed by atoms with E-state index in [0.29, 0.717) is 0 Å². The van der Waals surface area contributed by atoms with Crippen LogP contribution in [0, 0.1) is 41.5 Å². The number of hydrogen-bond acceptors (Lipinski definition) is 4. The molecule has 0 N–H and O–H groups in total. The lowest BCUT2D eigenvalue weighted by molar-refractivity contribution is 0.0611. The van der Waals surface area contributed by atoms with Crippen LogP contribution in [-0.2, 0) is 0 Å². The topological polar surface area (TPSA) is 47.1 Å². The van der Waals surface area contributed by atoms with E-state index in [4.69, 9.17) is 0 Å². The molecule has 2 amide bonds. The van der Waals surface area contributed by atoms with Crippen LogP contribution in [0.4, 0.5) is 0 Å². The molecule has 0 aliphatic carbocycles. The Hall–Kier alpha value is -4.26. The van der Waals surface area contributed by atoms with E-state index in [9.17, 15) is 9.59 Å². The molecular formula is C45H58N4O2. The lowest BCUT2D eigenvalue weighted by Gasteiger charge is -2.36. The van der Waals surface area contributed by atoms with E-state index in [-0.39, 0.29) is 19.2 Å². The first-order valence-electron chi connectivity index (χ1n) is 18.5. The summed E-state index contributed by atoms with van der Waals surface area (Å²) < 4.78 is 0. The fourth-order valence-corrected chi connectivity index (χ4v) is 7.40. The van der Waals surface area contributed by atoms with Crippen LogP contribution in [0.1, 0.15) is 74.4 Å². The highest BCUT2D eigenvalue weighted by Crippen LogP contribution is 2.27. The molecule has 2 fully saturated rings. The van der Waals surface area contributed by atoms with Gasteiger partial charge in [0.15, 0.2) is 0 Å². The van der Waals surface area contributed by atoms with Crippen LogP contribution >= 0.6 is 0 Å². The summed E-state index contributed by atoms with van der Waals surface area (Å²) in [6.45, 7) is 21.9. The molecule has 6 nitrogen and oxygen atoms in total. The van der Waals surface area contributed by atoms with Crippen molar-refractivity contribution in [2.45, 2.75) is 61.8 Å². The van der Waals surface area contributed by atoms with Crippen molar-refractivity contribution in [1.29, 1.82) is 0 Å². The first-order chi connectivity index (χ1) is 24.1. The number of carbonyl (C=O) groups excluding carboxylic acids is 2. The zero-order valence-electron chi connectivity index (χ0n) is 31.0. The molecule has 0 unspecified atom stereocenters. The van der Waals surface area contributed by atoms with Crippen molar-refractivity contribution in [3.05, 3.63) is 117 Å². The standard InChI is InChI=1S/C44H54N4O2.CH4/c1-31-27-41(28-32(2)35(31)5)37-9-13-39(14-10-37)43(49)47-23-19-45(20-24-47)17-7-8-18-46-21-25-48(26-22-46)44(50)40-15-11-38(12-16-40)42-29-33(3)36(6)34(4)30-42;/h9-16,27-30H,7-8,17-26H2,1-6H3;1H4. The minimum atomic E-state index is 0. The minimum absolute atomic E-state index is 0. The largest absolute Gasteiger partial charge is 0.336 e. The molecule has 0 bridgehead atoms. The Balaban J connectivity index is 0.00000504. The van der Waals surface area contributed by atoms with Crippen LogP contribution in [0.5, 0.6) is 0 Å². The van der Waals surface area contributed by atoms with Crippen LogP contribution in [-0.4, -0.2) is 96.9 Å². The van der Waals surface area contributed by atoms with E-state index >= 15 is 0 Å².